The first kappa shape index (κ1) is 25.9. The van der Waals surface area contributed by atoms with E-state index in [1.54, 1.807) is 32.4 Å². The van der Waals surface area contributed by atoms with E-state index in [1.807, 2.05) is 46.2 Å². The summed E-state index contributed by atoms with van der Waals surface area (Å²) in [6.07, 6.45) is 4.49. The highest BCUT2D eigenvalue weighted by Crippen LogP contribution is 2.44. The number of methoxy groups -OCH3 is 1. The van der Waals surface area contributed by atoms with E-state index < -0.39 is 0 Å². The second-order valence-corrected chi connectivity index (χ2v) is 10.3. The number of anilines is 1. The van der Waals surface area contributed by atoms with E-state index >= 15 is 0 Å². The van der Waals surface area contributed by atoms with Crippen LogP contribution in [0.5, 0.6) is 11.5 Å². The zero-order valence-electron chi connectivity index (χ0n) is 22.7. The Balaban J connectivity index is 1.37. The number of carbonyl (C=O) groups is 2. The molecule has 0 spiro atoms. The summed E-state index contributed by atoms with van der Waals surface area (Å²) in [5.74, 6) is 1.40. The normalized spacial score (nSPS) is 19.4. The van der Waals surface area contributed by atoms with Crippen LogP contribution in [0, 0.1) is 0 Å². The zero-order chi connectivity index (χ0) is 27.6. The van der Waals surface area contributed by atoms with Crippen molar-refractivity contribution in [2.45, 2.75) is 44.6 Å². The number of pyridine rings is 1. The summed E-state index contributed by atoms with van der Waals surface area (Å²) in [4.78, 5) is 34.8. The predicted molar refractivity (Wildman–Crippen MR) is 150 cm³/mol. The Bertz CT molecular complexity index is 1550. The number of carbonyl (C=O) groups excluding carboxylic acids is 2. The van der Waals surface area contributed by atoms with Crippen molar-refractivity contribution < 1.29 is 23.6 Å². The molecule has 2 amide bonds. The molecule has 0 unspecified atom stereocenters. The van der Waals surface area contributed by atoms with Crippen molar-refractivity contribution in [3.8, 4) is 11.5 Å². The van der Waals surface area contributed by atoms with E-state index in [-0.39, 0.29) is 29.5 Å². The Morgan fingerprint density at radius 1 is 1.05 bits per heavy atom. The van der Waals surface area contributed by atoms with E-state index in [0.29, 0.717) is 55.1 Å². The van der Waals surface area contributed by atoms with Crippen molar-refractivity contribution in [2.24, 2.45) is 0 Å². The van der Waals surface area contributed by atoms with Gasteiger partial charge in [0.1, 0.15) is 0 Å². The molecule has 4 aromatic rings. The van der Waals surface area contributed by atoms with Crippen LogP contribution in [-0.4, -0.2) is 59.7 Å². The molecule has 4 heterocycles. The van der Waals surface area contributed by atoms with Crippen LogP contribution >= 0.6 is 0 Å². The molecule has 0 fully saturated rings. The van der Waals surface area contributed by atoms with Gasteiger partial charge in [0.05, 0.1) is 19.1 Å². The Morgan fingerprint density at radius 2 is 1.93 bits per heavy atom. The second-order valence-electron chi connectivity index (χ2n) is 10.3. The van der Waals surface area contributed by atoms with Crippen LogP contribution in [0.25, 0.3) is 11.0 Å². The van der Waals surface area contributed by atoms with E-state index in [0.717, 1.165) is 29.7 Å². The van der Waals surface area contributed by atoms with Crippen molar-refractivity contribution >= 4 is 28.5 Å². The maximum absolute atomic E-state index is 13.8. The Hall–Kier alpha value is -4.40. The van der Waals surface area contributed by atoms with Gasteiger partial charge in [0.2, 0.25) is 17.3 Å². The third-order valence-electron chi connectivity index (χ3n) is 7.93. The van der Waals surface area contributed by atoms with Gasteiger partial charge in [-0.3, -0.25) is 9.59 Å². The summed E-state index contributed by atoms with van der Waals surface area (Å²) in [5.41, 5.74) is 3.54. The standard InChI is InChI=1S/C31H32N4O5/c1-20(36)35-25-10-4-3-8-22(25)23-13-16-34(31(37)29-24-9-7-14-32-30(24)33-40-29)15-5-6-17-39-28-19-21(18-26(23)35)11-12-27(28)38-2/h3-4,7-12,14,19,23,26H,5-6,13,15-18H2,1-2H3/t23-,26-/m1/s1. The van der Waals surface area contributed by atoms with E-state index in [2.05, 4.69) is 16.2 Å². The molecule has 0 radical (unpaired) electrons. The first-order valence-corrected chi connectivity index (χ1v) is 13.7. The lowest BCUT2D eigenvalue weighted by Crippen LogP contribution is -2.41. The van der Waals surface area contributed by atoms with Crippen LogP contribution in [0.1, 0.15) is 53.8 Å². The third-order valence-corrected chi connectivity index (χ3v) is 7.93. The number of amides is 2. The lowest BCUT2D eigenvalue weighted by atomic mass is 9.87. The van der Waals surface area contributed by atoms with Gasteiger partial charge < -0.3 is 23.8 Å². The fourth-order valence-electron chi connectivity index (χ4n) is 6.05. The molecule has 2 aliphatic heterocycles. The molecular weight excluding hydrogens is 508 g/mol. The monoisotopic (exact) mass is 540 g/mol. The van der Waals surface area contributed by atoms with Gasteiger partial charge in [-0.05, 0) is 67.1 Å². The third kappa shape index (κ3) is 4.76. The number of fused-ring (bicyclic) bond motifs is 6. The van der Waals surface area contributed by atoms with Crippen LogP contribution in [0.3, 0.4) is 0 Å². The minimum atomic E-state index is -0.207. The molecule has 40 heavy (non-hydrogen) atoms. The van der Waals surface area contributed by atoms with Crippen molar-refractivity contribution in [3.05, 3.63) is 77.7 Å². The molecule has 6 rings (SSSR count). The lowest BCUT2D eigenvalue weighted by Gasteiger charge is -2.30. The van der Waals surface area contributed by atoms with Gasteiger partial charge in [-0.25, -0.2) is 4.98 Å². The van der Waals surface area contributed by atoms with E-state index in [9.17, 15) is 9.59 Å². The number of para-hydroxylation sites is 1. The molecule has 2 aromatic heterocycles. The number of benzene rings is 2. The van der Waals surface area contributed by atoms with Gasteiger partial charge in [0.15, 0.2) is 11.5 Å². The first-order valence-electron chi connectivity index (χ1n) is 13.7. The van der Waals surface area contributed by atoms with Gasteiger partial charge in [-0.15, -0.1) is 0 Å². The van der Waals surface area contributed by atoms with E-state index in [1.165, 1.54) is 0 Å². The van der Waals surface area contributed by atoms with E-state index in [4.69, 9.17) is 14.0 Å². The highest BCUT2D eigenvalue weighted by atomic mass is 16.5. The highest BCUT2D eigenvalue weighted by Gasteiger charge is 2.40. The SMILES string of the molecule is COc1ccc2cc1OCCCCN(C(=O)c1onc3ncccc13)CC[C@@H]1c3ccccc3N(C(C)=O)[C@@H]1C2. The first-order chi connectivity index (χ1) is 19.5. The molecule has 2 atom stereocenters. The Morgan fingerprint density at radius 3 is 2.77 bits per heavy atom. The van der Waals surface area contributed by atoms with Gasteiger partial charge >= 0.3 is 0 Å². The summed E-state index contributed by atoms with van der Waals surface area (Å²) in [5, 5.41) is 4.60. The average Bonchev–Trinajstić information content (AvgIpc) is 3.53. The van der Waals surface area contributed by atoms with Crippen LogP contribution in [0.4, 0.5) is 5.69 Å². The molecule has 0 saturated carbocycles. The largest absolute Gasteiger partial charge is 0.493 e. The highest BCUT2D eigenvalue weighted by molar-refractivity contribution is 6.02. The van der Waals surface area contributed by atoms with Crippen LogP contribution < -0.4 is 14.4 Å². The van der Waals surface area contributed by atoms with Crippen molar-refractivity contribution in [1.82, 2.24) is 15.0 Å². The maximum atomic E-state index is 13.8. The van der Waals surface area contributed by atoms with Crippen LogP contribution in [0.15, 0.2) is 65.3 Å². The quantitative estimate of drug-likeness (QED) is 0.353. The van der Waals surface area contributed by atoms with Crippen molar-refractivity contribution in [3.63, 3.8) is 0 Å². The van der Waals surface area contributed by atoms with Gasteiger partial charge in [0.25, 0.3) is 5.91 Å². The average molecular weight is 541 g/mol. The minimum Gasteiger partial charge on any atom is -0.493 e. The molecule has 9 nitrogen and oxygen atoms in total. The summed E-state index contributed by atoms with van der Waals surface area (Å²) in [6.45, 7) is 3.16. The molecule has 2 bridgehead atoms. The van der Waals surface area contributed by atoms with Crippen LogP contribution in [-0.2, 0) is 11.2 Å². The molecule has 2 aromatic carbocycles. The minimum absolute atomic E-state index is 0.000358. The Kier molecular flexibility index (Phi) is 7.11. The smallest absolute Gasteiger partial charge is 0.293 e. The fraction of sp³-hybridized carbons (Fsp3) is 0.355. The molecule has 0 aliphatic carbocycles. The molecule has 206 valence electrons. The zero-order valence-corrected chi connectivity index (χ0v) is 22.7. The maximum Gasteiger partial charge on any atom is 0.293 e. The van der Waals surface area contributed by atoms with Gasteiger partial charge in [-0.2, -0.15) is 0 Å². The van der Waals surface area contributed by atoms with Crippen LogP contribution in [0.2, 0.25) is 0 Å². The molecule has 2 aliphatic rings. The summed E-state index contributed by atoms with van der Waals surface area (Å²) in [6, 6.07) is 17.6. The number of ether oxygens (including phenoxy) is 2. The number of hydrogen-bond acceptors (Lipinski definition) is 7. The second kappa shape index (κ2) is 11.0. The number of hydrogen-bond donors (Lipinski definition) is 0. The van der Waals surface area contributed by atoms with Gasteiger partial charge in [-0.1, -0.05) is 29.4 Å². The summed E-state index contributed by atoms with van der Waals surface area (Å²) in [7, 11) is 1.63. The molecule has 0 N–H and O–H groups in total. The number of nitrogens with zero attached hydrogens (tertiary/aromatic N) is 4. The van der Waals surface area contributed by atoms with Crippen molar-refractivity contribution in [1.29, 1.82) is 0 Å². The topological polar surface area (TPSA) is 98.0 Å². The van der Waals surface area contributed by atoms with Crippen molar-refractivity contribution in [2.75, 3.05) is 31.7 Å². The molecule has 9 heteroatoms. The van der Waals surface area contributed by atoms with Gasteiger partial charge in [0, 0.05) is 43.9 Å². The Labute approximate surface area is 232 Å². The number of rotatable bonds is 2. The summed E-state index contributed by atoms with van der Waals surface area (Å²) < 4.78 is 17.2. The number of aromatic nitrogens is 2. The molecular formula is C31H32N4O5. The predicted octanol–water partition coefficient (Wildman–Crippen LogP) is 5.00. The molecule has 0 saturated heterocycles. The fourth-order valence-corrected chi connectivity index (χ4v) is 6.05. The lowest BCUT2D eigenvalue weighted by molar-refractivity contribution is -0.117. The summed E-state index contributed by atoms with van der Waals surface area (Å²) >= 11 is 0.